The molecule has 6 heteroatoms. The summed E-state index contributed by atoms with van der Waals surface area (Å²) < 4.78 is 39.2. The molecule has 4 rings (SSSR count). The Morgan fingerprint density at radius 1 is 1.22 bits per heavy atom. The molecule has 0 aromatic heterocycles. The number of likely N-dealkylation sites (tertiary alicyclic amines) is 1. The third kappa shape index (κ3) is 3.37. The molecule has 2 aliphatic carbocycles. The van der Waals surface area contributed by atoms with Crippen LogP contribution in [-0.4, -0.2) is 34.6 Å². The second kappa shape index (κ2) is 5.97. The molecule has 3 aliphatic rings. The number of aliphatic hydroxyl groups is 1. The van der Waals surface area contributed by atoms with Crippen LogP contribution in [0.1, 0.15) is 61.6 Å². The molecule has 1 aromatic carbocycles. The van der Waals surface area contributed by atoms with Crippen molar-refractivity contribution in [1.29, 1.82) is 0 Å². The minimum atomic E-state index is -4.32. The molecular formula is C21H26F3NO2. The number of hydrogen-bond donors (Lipinski definition) is 1. The lowest BCUT2D eigenvalue weighted by Crippen LogP contribution is -2.61. The largest absolute Gasteiger partial charge is 0.416 e. The molecule has 3 nitrogen and oxygen atoms in total. The van der Waals surface area contributed by atoms with Crippen LogP contribution in [0.4, 0.5) is 13.2 Å². The first-order valence-corrected chi connectivity index (χ1v) is 9.67. The van der Waals surface area contributed by atoms with Crippen LogP contribution in [0.3, 0.4) is 0 Å². The number of carbonyl (C=O) groups is 1. The van der Waals surface area contributed by atoms with Crippen molar-refractivity contribution < 1.29 is 23.1 Å². The number of amides is 1. The average Bonchev–Trinajstić information content (AvgIpc) is 2.95. The van der Waals surface area contributed by atoms with Crippen molar-refractivity contribution in [3.63, 3.8) is 0 Å². The number of rotatable bonds is 2. The van der Waals surface area contributed by atoms with E-state index in [9.17, 15) is 23.1 Å². The fourth-order valence-corrected chi connectivity index (χ4v) is 5.37. The number of alkyl halides is 3. The van der Waals surface area contributed by atoms with Gasteiger partial charge in [-0.25, -0.2) is 0 Å². The Bertz CT molecular complexity index is 757. The van der Waals surface area contributed by atoms with Crippen molar-refractivity contribution in [3.05, 3.63) is 34.9 Å². The topological polar surface area (TPSA) is 40.5 Å². The number of halogens is 3. The molecule has 0 radical (unpaired) electrons. The fourth-order valence-electron chi connectivity index (χ4n) is 5.37. The minimum Gasteiger partial charge on any atom is -0.390 e. The predicted molar refractivity (Wildman–Crippen MR) is 95.1 cm³/mol. The van der Waals surface area contributed by atoms with Crippen molar-refractivity contribution in [3.8, 4) is 0 Å². The summed E-state index contributed by atoms with van der Waals surface area (Å²) in [5, 5.41) is 9.83. The van der Waals surface area contributed by atoms with E-state index in [4.69, 9.17) is 0 Å². The van der Waals surface area contributed by atoms with Gasteiger partial charge < -0.3 is 10.0 Å². The Hall–Kier alpha value is -1.56. The summed E-state index contributed by atoms with van der Waals surface area (Å²) >= 11 is 0. The second-order valence-electron chi connectivity index (χ2n) is 9.31. The van der Waals surface area contributed by atoms with Gasteiger partial charge in [0.15, 0.2) is 0 Å². The van der Waals surface area contributed by atoms with Gasteiger partial charge in [0.2, 0.25) is 5.91 Å². The highest BCUT2D eigenvalue weighted by Crippen LogP contribution is 2.53. The molecule has 1 heterocycles. The van der Waals surface area contributed by atoms with Crippen LogP contribution < -0.4 is 0 Å². The van der Waals surface area contributed by atoms with Crippen molar-refractivity contribution in [2.75, 3.05) is 13.1 Å². The number of benzene rings is 1. The SMILES string of the molecule is Cc1ccc(C(F)(F)F)cc1C1CCC2(C1)CN(C(=O)C1CC(C)(O)C1)C2. The van der Waals surface area contributed by atoms with Gasteiger partial charge in [-0.2, -0.15) is 13.2 Å². The van der Waals surface area contributed by atoms with Gasteiger partial charge in [0.05, 0.1) is 11.2 Å². The first-order chi connectivity index (χ1) is 12.5. The number of aryl methyl sites for hydroxylation is 1. The Morgan fingerprint density at radius 2 is 1.89 bits per heavy atom. The van der Waals surface area contributed by atoms with E-state index in [1.54, 1.807) is 13.0 Å². The van der Waals surface area contributed by atoms with Gasteiger partial charge in [0.1, 0.15) is 0 Å². The Balaban J connectivity index is 1.40. The number of carbonyl (C=O) groups excluding carboxylic acids is 1. The van der Waals surface area contributed by atoms with Crippen LogP contribution in [-0.2, 0) is 11.0 Å². The van der Waals surface area contributed by atoms with Gasteiger partial charge in [0.25, 0.3) is 0 Å². The lowest BCUT2D eigenvalue weighted by atomic mass is 9.69. The third-order valence-electron chi connectivity index (χ3n) is 6.83. The van der Waals surface area contributed by atoms with Gasteiger partial charge in [0, 0.05) is 24.4 Å². The summed E-state index contributed by atoms with van der Waals surface area (Å²) in [5.74, 6) is 0.195. The summed E-state index contributed by atoms with van der Waals surface area (Å²) in [6.07, 6.45) is -0.575. The third-order valence-corrected chi connectivity index (χ3v) is 6.83. The van der Waals surface area contributed by atoms with Crippen LogP contribution in [0, 0.1) is 18.3 Å². The van der Waals surface area contributed by atoms with Gasteiger partial charge in [-0.15, -0.1) is 0 Å². The summed E-state index contributed by atoms with van der Waals surface area (Å²) in [6.45, 7) is 5.05. The van der Waals surface area contributed by atoms with Gasteiger partial charge >= 0.3 is 6.18 Å². The smallest absolute Gasteiger partial charge is 0.390 e. The molecule has 1 saturated heterocycles. The zero-order chi connectivity index (χ0) is 19.6. The van der Waals surface area contributed by atoms with Crippen molar-refractivity contribution in [2.45, 2.75) is 63.6 Å². The van der Waals surface area contributed by atoms with Crippen molar-refractivity contribution in [1.82, 2.24) is 4.90 Å². The van der Waals surface area contributed by atoms with Crippen molar-refractivity contribution in [2.24, 2.45) is 11.3 Å². The normalized spacial score (nSPS) is 32.3. The number of hydrogen-bond acceptors (Lipinski definition) is 2. The highest BCUT2D eigenvalue weighted by atomic mass is 19.4. The summed E-state index contributed by atoms with van der Waals surface area (Å²) in [7, 11) is 0. The molecule has 148 valence electrons. The molecule has 1 N–H and O–H groups in total. The monoisotopic (exact) mass is 381 g/mol. The van der Waals surface area contributed by atoms with Crippen LogP contribution in [0.15, 0.2) is 18.2 Å². The second-order valence-corrected chi connectivity index (χ2v) is 9.31. The Kier molecular flexibility index (Phi) is 4.15. The van der Waals surface area contributed by atoms with Gasteiger partial charge in [-0.05, 0) is 75.1 Å². The van der Waals surface area contributed by atoms with E-state index < -0.39 is 17.3 Å². The van der Waals surface area contributed by atoms with E-state index in [-0.39, 0.29) is 23.2 Å². The van der Waals surface area contributed by atoms with Crippen LogP contribution >= 0.6 is 0 Å². The molecule has 2 saturated carbocycles. The maximum Gasteiger partial charge on any atom is 0.416 e. The molecule has 3 fully saturated rings. The van der Waals surface area contributed by atoms with E-state index in [1.807, 2.05) is 11.8 Å². The molecule has 1 spiro atoms. The van der Waals surface area contributed by atoms with Crippen LogP contribution in [0.2, 0.25) is 0 Å². The fraction of sp³-hybridized carbons (Fsp3) is 0.667. The molecular weight excluding hydrogens is 355 g/mol. The molecule has 1 unspecified atom stereocenters. The molecule has 27 heavy (non-hydrogen) atoms. The molecule has 1 atom stereocenters. The maximum absolute atomic E-state index is 13.1. The Morgan fingerprint density at radius 3 is 2.48 bits per heavy atom. The zero-order valence-corrected chi connectivity index (χ0v) is 15.8. The molecule has 1 aromatic rings. The van der Waals surface area contributed by atoms with E-state index in [2.05, 4.69) is 0 Å². The highest BCUT2D eigenvalue weighted by Gasteiger charge is 2.53. The van der Waals surface area contributed by atoms with Gasteiger partial charge in [-0.3, -0.25) is 4.79 Å². The quantitative estimate of drug-likeness (QED) is 0.831. The van der Waals surface area contributed by atoms with E-state index >= 15 is 0 Å². The van der Waals surface area contributed by atoms with E-state index in [0.29, 0.717) is 25.9 Å². The predicted octanol–water partition coefficient (Wildman–Crippen LogP) is 4.27. The van der Waals surface area contributed by atoms with E-state index in [1.165, 1.54) is 6.07 Å². The maximum atomic E-state index is 13.1. The lowest BCUT2D eigenvalue weighted by Gasteiger charge is -2.52. The van der Waals surface area contributed by atoms with Gasteiger partial charge in [-0.1, -0.05) is 6.07 Å². The first kappa shape index (κ1) is 18.8. The minimum absolute atomic E-state index is 0.0628. The highest BCUT2D eigenvalue weighted by molar-refractivity contribution is 5.81. The summed E-state index contributed by atoms with van der Waals surface area (Å²) in [5.41, 5.74) is 0.498. The summed E-state index contributed by atoms with van der Waals surface area (Å²) in [6, 6.07) is 4.04. The lowest BCUT2D eigenvalue weighted by molar-refractivity contribution is -0.161. The zero-order valence-electron chi connectivity index (χ0n) is 15.8. The average molecular weight is 381 g/mol. The standard InChI is InChI=1S/C21H26F3NO2/c1-13-3-4-16(21(22,23)24)7-17(13)14-5-6-20(10-14)11-25(12-20)18(26)15-8-19(2,27)9-15/h3-4,7,14-15,27H,5-6,8-12H2,1-2H3. The Labute approximate surface area is 157 Å². The van der Waals surface area contributed by atoms with Crippen LogP contribution in [0.25, 0.3) is 0 Å². The summed E-state index contributed by atoms with van der Waals surface area (Å²) in [4.78, 5) is 14.4. The van der Waals surface area contributed by atoms with E-state index in [0.717, 1.165) is 36.5 Å². The molecule has 0 bridgehead atoms. The number of nitrogens with zero attached hydrogens (tertiary/aromatic N) is 1. The molecule has 1 amide bonds. The molecule has 1 aliphatic heterocycles. The first-order valence-electron chi connectivity index (χ1n) is 9.67. The van der Waals surface area contributed by atoms with Crippen molar-refractivity contribution >= 4 is 5.91 Å². The van der Waals surface area contributed by atoms with Crippen LogP contribution in [0.5, 0.6) is 0 Å².